The lowest BCUT2D eigenvalue weighted by Gasteiger charge is -2.38. The van der Waals surface area contributed by atoms with Crippen molar-refractivity contribution < 1.29 is 23.5 Å². The summed E-state index contributed by atoms with van der Waals surface area (Å²) in [6.45, 7) is 1.75. The Morgan fingerprint density at radius 2 is 1.87 bits per heavy atom. The number of rotatable bonds is 6. The van der Waals surface area contributed by atoms with Gasteiger partial charge in [0.25, 0.3) is 5.92 Å². The van der Waals surface area contributed by atoms with Crippen LogP contribution in [0.4, 0.5) is 13.6 Å². The Morgan fingerprint density at radius 1 is 1.23 bits per heavy atom. The van der Waals surface area contributed by atoms with E-state index in [1.165, 1.54) is 9.80 Å². The quantitative estimate of drug-likeness (QED) is 0.733. The van der Waals surface area contributed by atoms with Crippen LogP contribution in [-0.4, -0.2) is 58.0 Å². The molecule has 2 atom stereocenters. The lowest BCUT2D eigenvalue weighted by molar-refractivity contribution is -0.134. The van der Waals surface area contributed by atoms with Gasteiger partial charge in [0.2, 0.25) is 5.91 Å². The smallest absolute Gasteiger partial charge is 0.407 e. The molecule has 8 heteroatoms. The fraction of sp³-hybridized carbons (Fsp3) is 0.636. The number of benzene rings is 1. The SMILES string of the molecule is CC(C1CCC(N(Cc2ccccc2)C(=O)O)CC1)C(N)C(=O)N1CCC(F)(F)C1. The first-order valence-corrected chi connectivity index (χ1v) is 10.6. The Balaban J connectivity index is 1.54. The van der Waals surface area contributed by atoms with E-state index in [4.69, 9.17) is 5.73 Å². The number of carboxylic acid groups (broad SMARTS) is 1. The summed E-state index contributed by atoms with van der Waals surface area (Å²) in [5.74, 6) is -3.19. The van der Waals surface area contributed by atoms with E-state index in [9.17, 15) is 23.5 Å². The molecule has 2 fully saturated rings. The second-order valence-electron chi connectivity index (χ2n) is 8.72. The molecule has 1 aromatic carbocycles. The van der Waals surface area contributed by atoms with E-state index < -0.39 is 30.5 Å². The molecule has 0 aromatic heterocycles. The number of nitrogens with two attached hydrogens (primary N) is 1. The maximum Gasteiger partial charge on any atom is 0.407 e. The molecule has 1 aromatic rings. The molecule has 1 saturated carbocycles. The highest BCUT2D eigenvalue weighted by molar-refractivity contribution is 5.82. The van der Waals surface area contributed by atoms with E-state index in [0.717, 1.165) is 18.4 Å². The molecular formula is C22H31F2N3O3. The van der Waals surface area contributed by atoms with Gasteiger partial charge in [-0.25, -0.2) is 13.6 Å². The van der Waals surface area contributed by atoms with Gasteiger partial charge in [-0.1, -0.05) is 37.3 Å². The molecule has 166 valence electrons. The van der Waals surface area contributed by atoms with Gasteiger partial charge in [0, 0.05) is 25.6 Å². The third-order valence-corrected chi connectivity index (χ3v) is 6.70. The highest BCUT2D eigenvalue weighted by Crippen LogP contribution is 2.35. The number of amides is 2. The summed E-state index contributed by atoms with van der Waals surface area (Å²) in [4.78, 5) is 27.0. The summed E-state index contributed by atoms with van der Waals surface area (Å²) in [5.41, 5.74) is 7.11. The maximum absolute atomic E-state index is 13.4. The first-order valence-electron chi connectivity index (χ1n) is 10.6. The van der Waals surface area contributed by atoms with Crippen LogP contribution in [-0.2, 0) is 11.3 Å². The van der Waals surface area contributed by atoms with Gasteiger partial charge in [-0.3, -0.25) is 4.79 Å². The Bertz CT molecular complexity index is 738. The second kappa shape index (κ2) is 9.29. The second-order valence-corrected chi connectivity index (χ2v) is 8.72. The van der Waals surface area contributed by atoms with Crippen molar-refractivity contribution >= 4 is 12.0 Å². The van der Waals surface area contributed by atoms with Crippen molar-refractivity contribution in [3.8, 4) is 0 Å². The summed E-state index contributed by atoms with van der Waals surface area (Å²) < 4.78 is 26.9. The van der Waals surface area contributed by atoms with Crippen LogP contribution in [0, 0.1) is 11.8 Å². The number of likely N-dealkylation sites (tertiary alicyclic amines) is 1. The zero-order chi connectivity index (χ0) is 21.9. The third kappa shape index (κ3) is 5.28. The molecular weight excluding hydrogens is 392 g/mol. The van der Waals surface area contributed by atoms with Crippen molar-refractivity contribution in [3.05, 3.63) is 35.9 Å². The number of nitrogens with zero attached hydrogens (tertiary/aromatic N) is 2. The molecule has 3 N–H and O–H groups in total. The Kier molecular flexibility index (Phi) is 6.95. The van der Waals surface area contributed by atoms with Crippen molar-refractivity contribution in [1.82, 2.24) is 9.80 Å². The highest BCUT2D eigenvalue weighted by atomic mass is 19.3. The number of alkyl halides is 2. The highest BCUT2D eigenvalue weighted by Gasteiger charge is 2.43. The summed E-state index contributed by atoms with van der Waals surface area (Å²) in [5, 5.41) is 9.68. The molecule has 2 aliphatic rings. The normalized spacial score (nSPS) is 25.5. The lowest BCUT2D eigenvalue weighted by atomic mass is 9.75. The molecule has 0 bridgehead atoms. The summed E-state index contributed by atoms with van der Waals surface area (Å²) in [7, 11) is 0. The Morgan fingerprint density at radius 3 is 2.40 bits per heavy atom. The standard InChI is InChI=1S/C22H31F2N3O3/c1-15(19(25)20(28)26-12-11-22(23,24)14-26)17-7-9-18(10-8-17)27(21(29)30)13-16-5-3-2-4-6-16/h2-6,15,17-19H,7-14,25H2,1H3,(H,29,30). The largest absolute Gasteiger partial charge is 0.465 e. The number of hydrogen-bond donors (Lipinski definition) is 2. The molecule has 1 heterocycles. The molecule has 1 saturated heterocycles. The molecule has 2 unspecified atom stereocenters. The lowest BCUT2D eigenvalue weighted by Crippen LogP contribution is -2.49. The van der Waals surface area contributed by atoms with Gasteiger partial charge in [-0.15, -0.1) is 0 Å². The van der Waals surface area contributed by atoms with E-state index in [0.29, 0.717) is 19.4 Å². The van der Waals surface area contributed by atoms with Crippen LogP contribution in [0.3, 0.4) is 0 Å². The molecule has 1 aliphatic heterocycles. The predicted octanol–water partition coefficient (Wildman–Crippen LogP) is 3.56. The fourth-order valence-electron chi connectivity index (χ4n) is 4.73. The zero-order valence-electron chi connectivity index (χ0n) is 17.3. The first kappa shape index (κ1) is 22.5. The van der Waals surface area contributed by atoms with Gasteiger partial charge in [0.1, 0.15) is 0 Å². The average Bonchev–Trinajstić information content (AvgIpc) is 3.10. The van der Waals surface area contributed by atoms with Crippen LogP contribution in [0.2, 0.25) is 0 Å². The average molecular weight is 424 g/mol. The van der Waals surface area contributed by atoms with Gasteiger partial charge in [0.15, 0.2) is 0 Å². The van der Waals surface area contributed by atoms with Gasteiger partial charge in [-0.2, -0.15) is 0 Å². The minimum atomic E-state index is -2.82. The molecule has 30 heavy (non-hydrogen) atoms. The summed E-state index contributed by atoms with van der Waals surface area (Å²) in [6, 6.07) is 8.63. The van der Waals surface area contributed by atoms with E-state index >= 15 is 0 Å². The summed E-state index contributed by atoms with van der Waals surface area (Å²) >= 11 is 0. The van der Waals surface area contributed by atoms with E-state index in [1.807, 2.05) is 37.3 Å². The number of halogens is 2. The van der Waals surface area contributed by atoms with Crippen LogP contribution < -0.4 is 5.73 Å². The molecule has 1 aliphatic carbocycles. The van der Waals surface area contributed by atoms with Crippen LogP contribution in [0.5, 0.6) is 0 Å². The van der Waals surface area contributed by atoms with Gasteiger partial charge in [0.05, 0.1) is 12.6 Å². The van der Waals surface area contributed by atoms with Gasteiger partial charge >= 0.3 is 6.09 Å². The molecule has 3 rings (SSSR count). The maximum atomic E-state index is 13.4. The van der Waals surface area contributed by atoms with Crippen LogP contribution in [0.15, 0.2) is 30.3 Å². The van der Waals surface area contributed by atoms with Crippen molar-refractivity contribution in [3.63, 3.8) is 0 Å². The molecule has 0 radical (unpaired) electrons. The van der Waals surface area contributed by atoms with E-state index in [1.54, 1.807) is 0 Å². The minimum absolute atomic E-state index is 0.0477. The first-order chi connectivity index (χ1) is 14.2. The van der Waals surface area contributed by atoms with E-state index in [2.05, 4.69) is 0 Å². The van der Waals surface area contributed by atoms with Crippen molar-refractivity contribution in [2.24, 2.45) is 17.6 Å². The topological polar surface area (TPSA) is 86.9 Å². The van der Waals surface area contributed by atoms with E-state index in [-0.39, 0.29) is 30.8 Å². The Hall–Kier alpha value is -2.22. The number of hydrogen-bond acceptors (Lipinski definition) is 3. The predicted molar refractivity (Wildman–Crippen MR) is 109 cm³/mol. The Labute approximate surface area is 176 Å². The zero-order valence-corrected chi connectivity index (χ0v) is 17.3. The van der Waals surface area contributed by atoms with Crippen molar-refractivity contribution in [1.29, 1.82) is 0 Å². The molecule has 6 nitrogen and oxygen atoms in total. The van der Waals surface area contributed by atoms with Crippen LogP contribution >= 0.6 is 0 Å². The van der Waals surface area contributed by atoms with Gasteiger partial charge in [-0.05, 0) is 43.1 Å². The van der Waals surface area contributed by atoms with Crippen molar-refractivity contribution in [2.75, 3.05) is 13.1 Å². The van der Waals surface area contributed by atoms with Gasteiger partial charge < -0.3 is 20.6 Å². The number of carbonyl (C=O) groups is 2. The molecule has 0 spiro atoms. The monoisotopic (exact) mass is 423 g/mol. The number of carbonyl (C=O) groups excluding carboxylic acids is 1. The summed E-state index contributed by atoms with van der Waals surface area (Å²) in [6.07, 6.45) is 1.70. The fourth-order valence-corrected chi connectivity index (χ4v) is 4.73. The van der Waals surface area contributed by atoms with Crippen LogP contribution in [0.1, 0.15) is 44.6 Å². The minimum Gasteiger partial charge on any atom is -0.465 e. The third-order valence-electron chi connectivity index (χ3n) is 6.70. The van der Waals surface area contributed by atoms with Crippen molar-refractivity contribution in [2.45, 2.75) is 63.6 Å². The van der Waals surface area contributed by atoms with Crippen LogP contribution in [0.25, 0.3) is 0 Å². The molecule has 2 amide bonds.